The molecule has 0 unspecified atom stereocenters. The zero-order valence-electron chi connectivity index (χ0n) is 18.2. The third kappa shape index (κ3) is 6.60. The molecule has 2 aromatic heterocycles. The maximum atomic E-state index is 13.0. The number of rotatable bonds is 8. The van der Waals surface area contributed by atoms with Gasteiger partial charge in [-0.1, -0.05) is 23.7 Å². The van der Waals surface area contributed by atoms with Gasteiger partial charge >= 0.3 is 11.9 Å². The van der Waals surface area contributed by atoms with Crippen LogP contribution in [0.4, 0.5) is 13.2 Å². The molecule has 0 radical (unpaired) electrons. The molecular weight excluding hydrogens is 483 g/mol. The normalized spacial score (nSPS) is 11.3. The average Bonchev–Trinajstić information content (AvgIpc) is 2.83. The van der Waals surface area contributed by atoms with Crippen LogP contribution in [0.25, 0.3) is 0 Å². The van der Waals surface area contributed by atoms with Gasteiger partial charge in [0.1, 0.15) is 11.5 Å². The summed E-state index contributed by atoms with van der Waals surface area (Å²) in [5.41, 5.74) is 0.470. The van der Waals surface area contributed by atoms with Crippen molar-refractivity contribution in [3.05, 3.63) is 111 Å². The minimum Gasteiger partial charge on any atom is -0.477 e. The Morgan fingerprint density at radius 3 is 2.31 bits per heavy atom. The Bertz CT molecular complexity index is 1340. The summed E-state index contributed by atoms with van der Waals surface area (Å²) in [6, 6.07) is 15.5. The summed E-state index contributed by atoms with van der Waals surface area (Å²) in [5, 5.41) is -0.388. The lowest BCUT2D eigenvalue weighted by molar-refractivity contribution is -0.137. The van der Waals surface area contributed by atoms with Crippen molar-refractivity contribution in [2.24, 2.45) is 0 Å². The van der Waals surface area contributed by atoms with Gasteiger partial charge in [-0.25, -0.2) is 4.79 Å². The fraction of sp³-hybridized carbons (Fsp3) is 0.160. The first-order chi connectivity index (χ1) is 16.8. The van der Waals surface area contributed by atoms with Crippen LogP contribution in [0, 0.1) is 0 Å². The van der Waals surface area contributed by atoms with Crippen LogP contribution in [-0.2, 0) is 19.1 Å². The van der Waals surface area contributed by atoms with Gasteiger partial charge in [-0.15, -0.1) is 0 Å². The molecule has 0 bridgehead atoms. The predicted molar refractivity (Wildman–Crippen MR) is 124 cm³/mol. The molecule has 0 aliphatic carbocycles. The van der Waals surface area contributed by atoms with Crippen molar-refractivity contribution in [3.63, 3.8) is 0 Å². The summed E-state index contributed by atoms with van der Waals surface area (Å²) in [4.78, 5) is 20.1. The highest BCUT2D eigenvalue weighted by Gasteiger charge is 2.33. The first kappa shape index (κ1) is 24.3. The number of hydrogen-bond donors (Lipinski definition) is 0. The number of halogens is 4. The number of pyridine rings is 1. The van der Waals surface area contributed by atoms with Crippen LogP contribution in [0.3, 0.4) is 0 Å². The van der Waals surface area contributed by atoms with E-state index in [1.807, 2.05) is 12.1 Å². The van der Waals surface area contributed by atoms with Crippen molar-refractivity contribution in [3.8, 4) is 17.4 Å². The van der Waals surface area contributed by atoms with Gasteiger partial charge in [0.05, 0.1) is 23.7 Å². The number of alkyl halides is 3. The van der Waals surface area contributed by atoms with Crippen LogP contribution in [-0.4, -0.2) is 21.1 Å². The minimum absolute atomic E-state index is 0.0301. The van der Waals surface area contributed by atoms with Gasteiger partial charge in [0, 0.05) is 31.1 Å². The number of benzene rings is 2. The van der Waals surface area contributed by atoms with Crippen LogP contribution in [0.2, 0.25) is 5.02 Å². The van der Waals surface area contributed by atoms with Gasteiger partial charge in [-0.2, -0.15) is 18.2 Å². The fourth-order valence-electron chi connectivity index (χ4n) is 3.22. The van der Waals surface area contributed by atoms with Crippen molar-refractivity contribution in [2.45, 2.75) is 19.1 Å². The molecule has 0 atom stereocenters. The molecule has 35 heavy (non-hydrogen) atoms. The Morgan fingerprint density at radius 2 is 1.63 bits per heavy atom. The molecule has 2 aromatic carbocycles. The van der Waals surface area contributed by atoms with E-state index in [4.69, 9.17) is 21.1 Å². The summed E-state index contributed by atoms with van der Waals surface area (Å²) >= 11 is 5.63. The van der Waals surface area contributed by atoms with E-state index in [2.05, 4.69) is 9.97 Å². The van der Waals surface area contributed by atoms with E-state index in [1.54, 1.807) is 48.9 Å². The SMILES string of the molecule is O=c1nc(OCCc2ccc(Oc3ccc(Cl)c(C(F)(F)F)c3)cc2)ccn1Cc1ccncc1. The molecule has 0 N–H and O–H groups in total. The highest BCUT2D eigenvalue weighted by atomic mass is 35.5. The van der Waals surface area contributed by atoms with Crippen LogP contribution < -0.4 is 15.2 Å². The quantitative estimate of drug-likeness (QED) is 0.306. The summed E-state index contributed by atoms with van der Waals surface area (Å²) in [6.07, 6.45) is 0.899. The third-order valence-electron chi connectivity index (χ3n) is 4.99. The number of aromatic nitrogens is 3. The standard InChI is InChI=1S/C25H19ClF3N3O3/c26-22-6-5-20(15-21(22)25(27,28)29)35-19-3-1-17(2-4-19)10-14-34-23-9-13-32(24(33)31-23)16-18-7-11-30-12-8-18/h1-9,11-13,15H,10,14,16H2. The van der Waals surface area contributed by atoms with E-state index in [0.29, 0.717) is 18.7 Å². The maximum absolute atomic E-state index is 13.0. The van der Waals surface area contributed by atoms with Crippen molar-refractivity contribution >= 4 is 11.6 Å². The first-order valence-corrected chi connectivity index (χ1v) is 10.9. The highest BCUT2D eigenvalue weighted by Crippen LogP contribution is 2.37. The van der Waals surface area contributed by atoms with Crippen molar-refractivity contribution in [1.82, 2.24) is 14.5 Å². The smallest absolute Gasteiger partial charge is 0.417 e. The topological polar surface area (TPSA) is 66.2 Å². The van der Waals surface area contributed by atoms with E-state index >= 15 is 0 Å². The lowest BCUT2D eigenvalue weighted by Gasteiger charge is -2.12. The van der Waals surface area contributed by atoms with Crippen molar-refractivity contribution in [1.29, 1.82) is 0 Å². The molecule has 10 heteroatoms. The summed E-state index contributed by atoms with van der Waals surface area (Å²) in [6.45, 7) is 0.670. The summed E-state index contributed by atoms with van der Waals surface area (Å²) in [5.74, 6) is 0.635. The van der Waals surface area contributed by atoms with Gasteiger partial charge in [0.2, 0.25) is 5.88 Å². The Kier molecular flexibility index (Phi) is 7.36. The molecule has 180 valence electrons. The number of nitrogens with zero attached hydrogens (tertiary/aromatic N) is 3. The van der Waals surface area contributed by atoms with E-state index in [-0.39, 0.29) is 23.3 Å². The molecular formula is C25H19ClF3N3O3. The second-order valence-electron chi connectivity index (χ2n) is 7.52. The largest absolute Gasteiger partial charge is 0.477 e. The summed E-state index contributed by atoms with van der Waals surface area (Å²) < 4.78 is 51.6. The van der Waals surface area contributed by atoms with Crippen LogP contribution in [0.5, 0.6) is 17.4 Å². The molecule has 0 fully saturated rings. The van der Waals surface area contributed by atoms with Gasteiger partial charge in [0.25, 0.3) is 0 Å². The Labute approximate surface area is 203 Å². The predicted octanol–water partition coefficient (Wildman–Crippen LogP) is 5.77. The van der Waals surface area contributed by atoms with Gasteiger partial charge < -0.3 is 9.47 Å². The molecule has 0 aliphatic rings. The molecule has 6 nitrogen and oxygen atoms in total. The molecule has 0 saturated heterocycles. The molecule has 0 saturated carbocycles. The zero-order valence-corrected chi connectivity index (χ0v) is 19.0. The van der Waals surface area contributed by atoms with Crippen molar-refractivity contribution in [2.75, 3.05) is 6.61 Å². The van der Waals surface area contributed by atoms with Crippen molar-refractivity contribution < 1.29 is 22.6 Å². The number of ether oxygens (including phenoxy) is 2. The van der Waals surface area contributed by atoms with Gasteiger partial charge in [-0.05, 0) is 53.6 Å². The lowest BCUT2D eigenvalue weighted by atomic mass is 10.1. The van der Waals surface area contributed by atoms with E-state index < -0.39 is 17.4 Å². The molecule has 0 aliphatic heterocycles. The van der Waals surface area contributed by atoms with E-state index in [9.17, 15) is 18.0 Å². The molecule has 0 spiro atoms. The Morgan fingerprint density at radius 1 is 0.914 bits per heavy atom. The summed E-state index contributed by atoms with van der Waals surface area (Å²) in [7, 11) is 0. The molecule has 2 heterocycles. The van der Waals surface area contributed by atoms with Gasteiger partial charge in [0.15, 0.2) is 0 Å². The molecule has 4 aromatic rings. The first-order valence-electron chi connectivity index (χ1n) is 10.5. The van der Waals surface area contributed by atoms with Crippen LogP contribution >= 0.6 is 11.6 Å². The second-order valence-corrected chi connectivity index (χ2v) is 7.92. The Balaban J connectivity index is 1.30. The van der Waals surface area contributed by atoms with Crippen LogP contribution in [0.15, 0.2) is 84.0 Å². The minimum atomic E-state index is -4.57. The van der Waals surface area contributed by atoms with E-state index in [1.165, 1.54) is 10.6 Å². The average molecular weight is 502 g/mol. The fourth-order valence-corrected chi connectivity index (χ4v) is 3.44. The van der Waals surface area contributed by atoms with E-state index in [0.717, 1.165) is 23.3 Å². The Hall–Kier alpha value is -3.85. The zero-order chi connectivity index (χ0) is 24.8. The second kappa shape index (κ2) is 10.6. The van der Waals surface area contributed by atoms with Crippen LogP contribution in [0.1, 0.15) is 16.7 Å². The maximum Gasteiger partial charge on any atom is 0.417 e. The monoisotopic (exact) mass is 501 g/mol. The highest BCUT2D eigenvalue weighted by molar-refractivity contribution is 6.31. The number of hydrogen-bond acceptors (Lipinski definition) is 5. The van der Waals surface area contributed by atoms with Gasteiger partial charge in [-0.3, -0.25) is 9.55 Å². The molecule has 0 amide bonds. The third-order valence-corrected chi connectivity index (χ3v) is 5.32. The lowest BCUT2D eigenvalue weighted by Crippen LogP contribution is -2.23. The molecule has 4 rings (SSSR count).